The summed E-state index contributed by atoms with van der Waals surface area (Å²) in [6.07, 6.45) is -3.15. The van der Waals surface area contributed by atoms with Gasteiger partial charge < -0.3 is 14.8 Å². The van der Waals surface area contributed by atoms with E-state index < -0.39 is 17.8 Å². The highest BCUT2D eigenvalue weighted by Gasteiger charge is 2.35. The summed E-state index contributed by atoms with van der Waals surface area (Å²) < 4.78 is 52.5. The molecule has 0 bridgehead atoms. The van der Waals surface area contributed by atoms with Gasteiger partial charge in [0.15, 0.2) is 28.5 Å². The number of carbonyl (C=O) groups is 1. The minimum absolute atomic E-state index is 0.0403. The smallest absolute Gasteiger partial charge is 0.433 e. The maximum absolute atomic E-state index is 13.8. The molecular formula is C21H14F3N5O3. The van der Waals surface area contributed by atoms with Crippen LogP contribution in [-0.4, -0.2) is 32.3 Å². The van der Waals surface area contributed by atoms with E-state index in [9.17, 15) is 18.0 Å². The standard InChI is InChI=1S/C21H14F3N5O3/c22-21(23,24)18-8-14(12-4-5-16-17(7-12)32-11-31-16)27-19-9-15(28-29(18)19)20(30)26-10-13-3-1-2-6-25-13/h1-9H,10-11H2,(H,26,30). The van der Waals surface area contributed by atoms with Crippen LogP contribution in [-0.2, 0) is 12.7 Å². The Bertz CT molecular complexity index is 1320. The third-order valence-corrected chi connectivity index (χ3v) is 4.77. The number of ether oxygens (including phenoxy) is 2. The molecular weight excluding hydrogens is 427 g/mol. The summed E-state index contributed by atoms with van der Waals surface area (Å²) in [6, 6.07) is 12.0. The first-order valence-electron chi connectivity index (χ1n) is 9.45. The zero-order chi connectivity index (χ0) is 22.3. The number of hydrogen-bond donors (Lipinski definition) is 1. The highest BCUT2D eigenvalue weighted by molar-refractivity contribution is 5.93. The van der Waals surface area contributed by atoms with Gasteiger partial charge in [0, 0.05) is 17.8 Å². The molecule has 1 aliphatic rings. The number of halogens is 3. The lowest BCUT2D eigenvalue weighted by Crippen LogP contribution is -2.24. The monoisotopic (exact) mass is 441 g/mol. The fraction of sp³-hybridized carbons (Fsp3) is 0.143. The van der Waals surface area contributed by atoms with Crippen molar-refractivity contribution in [3.63, 3.8) is 0 Å². The molecule has 8 nitrogen and oxygen atoms in total. The van der Waals surface area contributed by atoms with Crippen molar-refractivity contribution in [1.82, 2.24) is 24.9 Å². The number of alkyl halides is 3. The number of pyridine rings is 1. The van der Waals surface area contributed by atoms with Crippen LogP contribution in [0.25, 0.3) is 16.9 Å². The average Bonchev–Trinajstić information content (AvgIpc) is 3.43. The normalized spacial score (nSPS) is 12.8. The second kappa shape index (κ2) is 7.52. The minimum atomic E-state index is -4.72. The number of carbonyl (C=O) groups excluding carboxylic acids is 1. The van der Waals surface area contributed by atoms with Gasteiger partial charge in [-0.15, -0.1) is 0 Å². The van der Waals surface area contributed by atoms with Gasteiger partial charge in [-0.05, 0) is 36.4 Å². The molecule has 162 valence electrons. The van der Waals surface area contributed by atoms with Gasteiger partial charge >= 0.3 is 6.18 Å². The van der Waals surface area contributed by atoms with E-state index in [1.54, 1.807) is 42.6 Å². The number of nitrogens with one attached hydrogen (secondary N) is 1. The molecule has 0 atom stereocenters. The Balaban J connectivity index is 1.52. The Morgan fingerprint density at radius 3 is 2.72 bits per heavy atom. The third kappa shape index (κ3) is 3.68. The molecule has 0 fully saturated rings. The molecule has 1 N–H and O–H groups in total. The van der Waals surface area contributed by atoms with Gasteiger partial charge in [-0.2, -0.15) is 18.3 Å². The Morgan fingerprint density at radius 1 is 1.09 bits per heavy atom. The molecule has 0 spiro atoms. The van der Waals surface area contributed by atoms with Gasteiger partial charge in [-0.25, -0.2) is 9.50 Å². The van der Waals surface area contributed by atoms with Crippen LogP contribution in [0.2, 0.25) is 0 Å². The zero-order valence-electron chi connectivity index (χ0n) is 16.3. The van der Waals surface area contributed by atoms with Crippen molar-refractivity contribution in [2.45, 2.75) is 12.7 Å². The lowest BCUT2D eigenvalue weighted by Gasteiger charge is -2.11. The summed E-state index contributed by atoms with van der Waals surface area (Å²) in [5.74, 6) is 0.279. The molecule has 0 aliphatic carbocycles. The highest BCUT2D eigenvalue weighted by atomic mass is 19.4. The van der Waals surface area contributed by atoms with E-state index in [1.807, 2.05) is 0 Å². The summed E-state index contributed by atoms with van der Waals surface area (Å²) in [6.45, 7) is 0.147. The first-order valence-corrected chi connectivity index (χ1v) is 9.45. The van der Waals surface area contributed by atoms with Crippen molar-refractivity contribution >= 4 is 11.6 Å². The summed E-state index contributed by atoms with van der Waals surface area (Å²) >= 11 is 0. The average molecular weight is 441 g/mol. The molecule has 1 amide bonds. The lowest BCUT2D eigenvalue weighted by atomic mass is 10.1. The van der Waals surface area contributed by atoms with E-state index in [4.69, 9.17) is 9.47 Å². The van der Waals surface area contributed by atoms with Crippen LogP contribution in [0.3, 0.4) is 0 Å². The predicted molar refractivity (Wildman–Crippen MR) is 105 cm³/mol. The molecule has 0 radical (unpaired) electrons. The van der Waals surface area contributed by atoms with Gasteiger partial charge in [0.05, 0.1) is 17.9 Å². The van der Waals surface area contributed by atoms with Crippen LogP contribution < -0.4 is 14.8 Å². The number of amides is 1. The SMILES string of the molecule is O=C(NCc1ccccn1)c1cc2nc(-c3ccc4c(c3)OCO4)cc(C(F)(F)F)n2n1. The summed E-state index contributed by atoms with van der Waals surface area (Å²) in [7, 11) is 0. The van der Waals surface area contributed by atoms with Crippen molar-refractivity contribution in [3.05, 3.63) is 71.8 Å². The van der Waals surface area contributed by atoms with Crippen molar-refractivity contribution in [2.75, 3.05) is 6.79 Å². The number of fused-ring (bicyclic) bond motifs is 2. The van der Waals surface area contributed by atoms with Crippen molar-refractivity contribution in [2.24, 2.45) is 0 Å². The van der Waals surface area contributed by atoms with E-state index in [0.717, 1.165) is 6.07 Å². The predicted octanol–water partition coefficient (Wildman–Crippen LogP) is 3.47. The molecule has 0 saturated heterocycles. The number of rotatable bonds is 4. The first kappa shape index (κ1) is 19.8. The molecule has 5 rings (SSSR count). The molecule has 1 aromatic carbocycles. The van der Waals surface area contributed by atoms with Gasteiger partial charge in [-0.1, -0.05) is 6.07 Å². The number of hydrogen-bond acceptors (Lipinski definition) is 6. The first-order chi connectivity index (χ1) is 15.4. The fourth-order valence-electron chi connectivity index (χ4n) is 3.26. The zero-order valence-corrected chi connectivity index (χ0v) is 16.3. The summed E-state index contributed by atoms with van der Waals surface area (Å²) in [5, 5.41) is 6.43. The highest BCUT2D eigenvalue weighted by Crippen LogP contribution is 2.37. The van der Waals surface area contributed by atoms with Crippen LogP contribution in [0.15, 0.2) is 54.7 Å². The maximum atomic E-state index is 13.8. The number of benzene rings is 1. The van der Waals surface area contributed by atoms with Crippen LogP contribution in [0.5, 0.6) is 11.5 Å². The van der Waals surface area contributed by atoms with Gasteiger partial charge in [0.1, 0.15) is 0 Å². The molecule has 0 saturated carbocycles. The van der Waals surface area contributed by atoms with Crippen LogP contribution in [0.4, 0.5) is 13.2 Å². The molecule has 0 unspecified atom stereocenters. The number of aromatic nitrogens is 4. The van der Waals surface area contributed by atoms with Crippen LogP contribution >= 0.6 is 0 Å². The van der Waals surface area contributed by atoms with E-state index in [-0.39, 0.29) is 30.4 Å². The third-order valence-electron chi connectivity index (χ3n) is 4.77. The quantitative estimate of drug-likeness (QED) is 0.522. The van der Waals surface area contributed by atoms with Crippen LogP contribution in [0, 0.1) is 0 Å². The molecule has 3 aromatic heterocycles. The Kier molecular flexibility index (Phi) is 4.65. The second-order valence-corrected chi connectivity index (χ2v) is 6.90. The molecule has 11 heteroatoms. The van der Waals surface area contributed by atoms with Crippen molar-refractivity contribution < 1.29 is 27.4 Å². The van der Waals surface area contributed by atoms with Crippen LogP contribution in [0.1, 0.15) is 21.9 Å². The lowest BCUT2D eigenvalue weighted by molar-refractivity contribution is -0.142. The summed E-state index contributed by atoms with van der Waals surface area (Å²) in [5.41, 5.74) is -0.298. The minimum Gasteiger partial charge on any atom is -0.454 e. The van der Waals surface area contributed by atoms with Gasteiger partial charge in [-0.3, -0.25) is 9.78 Å². The largest absolute Gasteiger partial charge is 0.454 e. The van der Waals surface area contributed by atoms with E-state index >= 15 is 0 Å². The molecule has 4 heterocycles. The van der Waals surface area contributed by atoms with Crippen molar-refractivity contribution in [1.29, 1.82) is 0 Å². The Morgan fingerprint density at radius 2 is 1.94 bits per heavy atom. The van der Waals surface area contributed by atoms with Gasteiger partial charge in [0.25, 0.3) is 5.91 Å². The Labute approximate surface area is 178 Å². The van der Waals surface area contributed by atoms with E-state index in [2.05, 4.69) is 20.4 Å². The Hall–Kier alpha value is -4.15. The second-order valence-electron chi connectivity index (χ2n) is 6.90. The number of nitrogens with zero attached hydrogens (tertiary/aromatic N) is 4. The molecule has 32 heavy (non-hydrogen) atoms. The summed E-state index contributed by atoms with van der Waals surface area (Å²) in [4.78, 5) is 20.8. The molecule has 4 aromatic rings. The van der Waals surface area contributed by atoms with E-state index in [1.165, 1.54) is 6.07 Å². The van der Waals surface area contributed by atoms with Crippen molar-refractivity contribution in [3.8, 4) is 22.8 Å². The fourth-order valence-corrected chi connectivity index (χ4v) is 3.26. The van der Waals surface area contributed by atoms with E-state index in [0.29, 0.717) is 27.3 Å². The molecule has 1 aliphatic heterocycles. The van der Waals surface area contributed by atoms with Gasteiger partial charge in [0.2, 0.25) is 6.79 Å². The topological polar surface area (TPSA) is 90.6 Å². The maximum Gasteiger partial charge on any atom is 0.433 e.